The first-order chi connectivity index (χ1) is 8.73. The zero-order chi connectivity index (χ0) is 14.6. The summed E-state index contributed by atoms with van der Waals surface area (Å²) < 4.78 is 5.25. The lowest BCUT2D eigenvalue weighted by molar-refractivity contribution is -0.178. The lowest BCUT2D eigenvalue weighted by atomic mass is 9.96. The van der Waals surface area contributed by atoms with Crippen LogP contribution in [-0.4, -0.2) is 54.3 Å². The third-order valence-corrected chi connectivity index (χ3v) is 2.75. The van der Waals surface area contributed by atoms with Gasteiger partial charge >= 0.3 is 6.09 Å². The predicted molar refractivity (Wildman–Crippen MR) is 70.3 cm³/mol. The Morgan fingerprint density at radius 1 is 1.32 bits per heavy atom. The van der Waals surface area contributed by atoms with Gasteiger partial charge in [0.05, 0.1) is 6.61 Å². The fraction of sp³-hybridized carbons (Fsp3) is 0.846. The van der Waals surface area contributed by atoms with Gasteiger partial charge in [0.15, 0.2) is 0 Å². The SMILES string of the molecule is CCON(C)C(=O)CC1CN(C(=O)OC(C)(C)C)C1. The molecule has 1 fully saturated rings. The van der Waals surface area contributed by atoms with Crippen LogP contribution in [-0.2, 0) is 14.4 Å². The zero-order valence-corrected chi connectivity index (χ0v) is 12.4. The van der Waals surface area contributed by atoms with Gasteiger partial charge in [-0.25, -0.2) is 9.86 Å². The van der Waals surface area contributed by atoms with Gasteiger partial charge in [0.1, 0.15) is 5.60 Å². The van der Waals surface area contributed by atoms with Crippen molar-refractivity contribution in [1.82, 2.24) is 9.96 Å². The number of ether oxygens (including phenoxy) is 1. The van der Waals surface area contributed by atoms with Gasteiger partial charge in [0, 0.05) is 32.5 Å². The second-order valence-corrected chi connectivity index (χ2v) is 5.76. The predicted octanol–water partition coefficient (Wildman–Crippen LogP) is 1.65. The van der Waals surface area contributed by atoms with Gasteiger partial charge in [0.2, 0.25) is 5.91 Å². The van der Waals surface area contributed by atoms with Crippen LogP contribution in [0.3, 0.4) is 0 Å². The molecule has 6 nitrogen and oxygen atoms in total. The molecule has 1 aliphatic heterocycles. The van der Waals surface area contributed by atoms with E-state index in [-0.39, 0.29) is 17.9 Å². The van der Waals surface area contributed by atoms with Crippen molar-refractivity contribution in [3.63, 3.8) is 0 Å². The molecule has 0 bridgehead atoms. The molecule has 1 rings (SSSR count). The van der Waals surface area contributed by atoms with Crippen molar-refractivity contribution >= 4 is 12.0 Å². The number of likely N-dealkylation sites (tertiary alicyclic amines) is 1. The highest BCUT2D eigenvalue weighted by molar-refractivity contribution is 5.76. The number of rotatable bonds is 4. The summed E-state index contributed by atoms with van der Waals surface area (Å²) in [6.45, 7) is 8.95. The molecule has 0 aliphatic carbocycles. The minimum Gasteiger partial charge on any atom is -0.444 e. The van der Waals surface area contributed by atoms with Crippen LogP contribution in [0.1, 0.15) is 34.1 Å². The van der Waals surface area contributed by atoms with Crippen molar-refractivity contribution in [1.29, 1.82) is 0 Å². The van der Waals surface area contributed by atoms with E-state index in [1.165, 1.54) is 5.06 Å². The molecule has 0 aromatic heterocycles. The summed E-state index contributed by atoms with van der Waals surface area (Å²) >= 11 is 0. The molecule has 19 heavy (non-hydrogen) atoms. The lowest BCUT2D eigenvalue weighted by Gasteiger charge is -2.39. The molecule has 0 radical (unpaired) electrons. The van der Waals surface area contributed by atoms with Gasteiger partial charge in [-0.3, -0.25) is 9.63 Å². The van der Waals surface area contributed by atoms with E-state index in [1.54, 1.807) is 11.9 Å². The average molecular weight is 272 g/mol. The number of amides is 2. The highest BCUT2D eigenvalue weighted by Crippen LogP contribution is 2.22. The van der Waals surface area contributed by atoms with Crippen molar-refractivity contribution in [3.05, 3.63) is 0 Å². The van der Waals surface area contributed by atoms with Gasteiger partial charge in [-0.15, -0.1) is 0 Å². The minimum absolute atomic E-state index is 0.0595. The van der Waals surface area contributed by atoms with Crippen molar-refractivity contribution in [2.75, 3.05) is 26.7 Å². The van der Waals surface area contributed by atoms with E-state index < -0.39 is 5.60 Å². The van der Waals surface area contributed by atoms with Crippen LogP contribution in [0.4, 0.5) is 4.79 Å². The number of hydroxylamine groups is 2. The summed E-state index contributed by atoms with van der Waals surface area (Å²) in [7, 11) is 1.61. The maximum absolute atomic E-state index is 11.7. The fourth-order valence-corrected chi connectivity index (χ4v) is 1.82. The molecule has 6 heteroatoms. The van der Waals surface area contributed by atoms with Crippen molar-refractivity contribution < 1.29 is 19.2 Å². The summed E-state index contributed by atoms with van der Waals surface area (Å²) in [5.74, 6) is 0.138. The smallest absolute Gasteiger partial charge is 0.410 e. The Kier molecular flexibility index (Phi) is 5.17. The minimum atomic E-state index is -0.479. The Hall–Kier alpha value is -1.30. The van der Waals surface area contributed by atoms with Crippen molar-refractivity contribution in [2.24, 2.45) is 5.92 Å². The summed E-state index contributed by atoms with van der Waals surface area (Å²) in [6.07, 6.45) is 0.0878. The lowest BCUT2D eigenvalue weighted by Crippen LogP contribution is -2.52. The summed E-state index contributed by atoms with van der Waals surface area (Å²) in [4.78, 5) is 30.1. The maximum Gasteiger partial charge on any atom is 0.410 e. The zero-order valence-electron chi connectivity index (χ0n) is 12.4. The summed E-state index contributed by atoms with van der Waals surface area (Å²) in [6, 6.07) is 0. The monoisotopic (exact) mass is 272 g/mol. The van der Waals surface area contributed by atoms with E-state index in [0.29, 0.717) is 26.1 Å². The van der Waals surface area contributed by atoms with E-state index >= 15 is 0 Å². The van der Waals surface area contributed by atoms with Crippen LogP contribution in [0.5, 0.6) is 0 Å². The molecule has 0 aromatic rings. The first kappa shape index (κ1) is 15.8. The molecule has 110 valence electrons. The highest BCUT2D eigenvalue weighted by atomic mass is 16.7. The first-order valence-electron chi connectivity index (χ1n) is 6.60. The van der Waals surface area contributed by atoms with E-state index in [0.717, 1.165) is 0 Å². The van der Waals surface area contributed by atoms with Gasteiger partial charge in [-0.1, -0.05) is 0 Å². The third-order valence-electron chi connectivity index (χ3n) is 2.75. The molecule has 1 heterocycles. The molecule has 0 saturated carbocycles. The van der Waals surface area contributed by atoms with E-state index in [9.17, 15) is 9.59 Å². The topological polar surface area (TPSA) is 59.1 Å². The molecule has 0 N–H and O–H groups in total. The second kappa shape index (κ2) is 6.23. The standard InChI is InChI=1S/C13H24N2O4/c1-6-18-14(5)11(16)7-10-8-15(9-10)12(17)19-13(2,3)4/h10H,6-9H2,1-5H3. The average Bonchev–Trinajstić information content (AvgIpc) is 2.19. The van der Waals surface area contributed by atoms with Gasteiger partial charge in [-0.2, -0.15) is 0 Å². The molecule has 0 unspecified atom stereocenters. The normalized spacial score (nSPS) is 15.9. The second-order valence-electron chi connectivity index (χ2n) is 5.76. The molecule has 1 saturated heterocycles. The molecule has 0 spiro atoms. The van der Waals surface area contributed by atoms with Crippen LogP contribution in [0.15, 0.2) is 0 Å². The summed E-state index contributed by atoms with van der Waals surface area (Å²) in [5, 5.41) is 1.26. The number of hydrogen-bond donors (Lipinski definition) is 0. The maximum atomic E-state index is 11.7. The number of nitrogens with zero attached hydrogens (tertiary/aromatic N) is 2. The molecule has 2 amide bonds. The molecule has 0 atom stereocenters. The molecular weight excluding hydrogens is 248 g/mol. The number of hydrogen-bond acceptors (Lipinski definition) is 4. The Labute approximate surface area is 114 Å². The Morgan fingerprint density at radius 2 is 1.89 bits per heavy atom. The molecule has 1 aliphatic rings. The Bertz CT molecular complexity index is 332. The highest BCUT2D eigenvalue weighted by Gasteiger charge is 2.35. The van der Waals surface area contributed by atoms with Crippen molar-refractivity contribution in [2.45, 2.75) is 39.7 Å². The fourth-order valence-electron chi connectivity index (χ4n) is 1.82. The van der Waals surface area contributed by atoms with Crippen LogP contribution < -0.4 is 0 Å². The molecular formula is C13H24N2O4. The third kappa shape index (κ3) is 5.06. The van der Waals surface area contributed by atoms with Crippen LogP contribution >= 0.6 is 0 Å². The number of carbonyl (C=O) groups is 2. The number of carbonyl (C=O) groups excluding carboxylic acids is 2. The quantitative estimate of drug-likeness (QED) is 0.730. The van der Waals surface area contributed by atoms with Crippen LogP contribution in [0, 0.1) is 5.92 Å². The first-order valence-corrected chi connectivity index (χ1v) is 6.60. The summed E-state index contributed by atoms with van der Waals surface area (Å²) in [5.41, 5.74) is -0.479. The van der Waals surface area contributed by atoms with Crippen molar-refractivity contribution in [3.8, 4) is 0 Å². The van der Waals surface area contributed by atoms with Crippen LogP contribution in [0.25, 0.3) is 0 Å². The van der Waals surface area contributed by atoms with Crippen LogP contribution in [0.2, 0.25) is 0 Å². The van der Waals surface area contributed by atoms with Gasteiger partial charge in [-0.05, 0) is 27.7 Å². The van der Waals surface area contributed by atoms with Gasteiger partial charge < -0.3 is 9.64 Å². The largest absolute Gasteiger partial charge is 0.444 e. The Morgan fingerprint density at radius 3 is 2.37 bits per heavy atom. The van der Waals surface area contributed by atoms with E-state index in [2.05, 4.69) is 0 Å². The van der Waals surface area contributed by atoms with E-state index in [1.807, 2.05) is 27.7 Å². The Balaban J connectivity index is 2.27. The molecule has 0 aromatic carbocycles. The van der Waals surface area contributed by atoms with Gasteiger partial charge in [0.25, 0.3) is 0 Å². The van der Waals surface area contributed by atoms with E-state index in [4.69, 9.17) is 9.57 Å².